The number of nitrogens with zero attached hydrogens (tertiary/aromatic N) is 2. The van der Waals surface area contributed by atoms with Gasteiger partial charge in [0.15, 0.2) is 0 Å². The Morgan fingerprint density at radius 3 is 2.53 bits per heavy atom. The molecular weight excluding hydrogens is 309 g/mol. The van der Waals surface area contributed by atoms with Gasteiger partial charge in [-0.1, -0.05) is 26.8 Å². The summed E-state index contributed by atoms with van der Waals surface area (Å²) < 4.78 is 13.8. The molecule has 1 aromatic carbocycles. The normalized spacial score (nSPS) is 11.4. The van der Waals surface area contributed by atoms with Crippen LogP contribution in [0.4, 0.5) is 15.9 Å². The highest BCUT2D eigenvalue weighted by Crippen LogP contribution is 2.24. The first-order valence-electron chi connectivity index (χ1n) is 5.92. The van der Waals surface area contributed by atoms with E-state index in [2.05, 4.69) is 31.2 Å². The minimum absolute atomic E-state index is 0.151. The highest BCUT2D eigenvalue weighted by atomic mass is 79.9. The van der Waals surface area contributed by atoms with Crippen LogP contribution in [0.1, 0.15) is 26.6 Å². The Hall–Kier alpha value is -1.49. The van der Waals surface area contributed by atoms with Crippen LogP contribution in [-0.4, -0.2) is 9.97 Å². The number of nitrogens with one attached hydrogen (secondary N) is 1. The summed E-state index contributed by atoms with van der Waals surface area (Å²) in [6, 6.07) is 8.03. The fourth-order valence-corrected chi connectivity index (χ4v) is 1.92. The summed E-state index contributed by atoms with van der Waals surface area (Å²) in [5.74, 6) is 1.08. The molecule has 100 valence electrons. The first-order chi connectivity index (χ1) is 8.84. The third kappa shape index (κ3) is 3.73. The molecule has 0 saturated heterocycles. The molecule has 0 saturated carbocycles. The maximum atomic E-state index is 13.1. The van der Waals surface area contributed by atoms with Gasteiger partial charge in [-0.3, -0.25) is 0 Å². The zero-order valence-corrected chi connectivity index (χ0v) is 12.6. The molecule has 0 amide bonds. The first-order valence-corrected chi connectivity index (χ1v) is 6.71. The largest absolute Gasteiger partial charge is 0.340 e. The molecule has 0 fully saturated rings. The van der Waals surface area contributed by atoms with Crippen LogP contribution in [-0.2, 0) is 5.41 Å². The van der Waals surface area contributed by atoms with Gasteiger partial charge in [0, 0.05) is 17.2 Å². The second-order valence-electron chi connectivity index (χ2n) is 5.28. The molecule has 1 N–H and O–H groups in total. The summed E-state index contributed by atoms with van der Waals surface area (Å²) in [6.07, 6.45) is 0. The molecule has 0 unspecified atom stereocenters. The van der Waals surface area contributed by atoms with Crippen LogP contribution in [0.15, 0.2) is 34.9 Å². The average molecular weight is 324 g/mol. The van der Waals surface area contributed by atoms with E-state index in [9.17, 15) is 4.39 Å². The molecule has 3 nitrogen and oxygen atoms in total. The predicted molar refractivity (Wildman–Crippen MR) is 78.1 cm³/mol. The molecule has 1 aromatic heterocycles. The highest BCUT2D eigenvalue weighted by molar-refractivity contribution is 9.10. The van der Waals surface area contributed by atoms with Gasteiger partial charge in [-0.25, -0.2) is 14.4 Å². The zero-order valence-electron chi connectivity index (χ0n) is 11.0. The molecule has 5 heteroatoms. The van der Waals surface area contributed by atoms with Crippen LogP contribution in [0.2, 0.25) is 0 Å². The van der Waals surface area contributed by atoms with Crippen molar-refractivity contribution < 1.29 is 4.39 Å². The van der Waals surface area contributed by atoms with E-state index in [1.165, 1.54) is 12.1 Å². The van der Waals surface area contributed by atoms with Crippen molar-refractivity contribution in [3.8, 4) is 0 Å². The van der Waals surface area contributed by atoms with Gasteiger partial charge >= 0.3 is 0 Å². The molecular formula is C14H15BrFN3. The minimum atomic E-state index is -0.283. The van der Waals surface area contributed by atoms with E-state index in [4.69, 9.17) is 0 Å². The highest BCUT2D eigenvalue weighted by Gasteiger charge is 2.18. The van der Waals surface area contributed by atoms with Crippen molar-refractivity contribution in [2.75, 3.05) is 5.32 Å². The lowest BCUT2D eigenvalue weighted by Gasteiger charge is -2.18. The van der Waals surface area contributed by atoms with Gasteiger partial charge in [0.05, 0.1) is 0 Å². The van der Waals surface area contributed by atoms with Crippen molar-refractivity contribution in [1.29, 1.82) is 0 Å². The third-order valence-corrected chi connectivity index (χ3v) is 2.87. The van der Waals surface area contributed by atoms with E-state index in [1.54, 1.807) is 18.2 Å². The number of anilines is 2. The number of benzene rings is 1. The molecule has 0 atom stereocenters. The van der Waals surface area contributed by atoms with E-state index in [-0.39, 0.29) is 11.2 Å². The summed E-state index contributed by atoms with van der Waals surface area (Å²) in [5.41, 5.74) is 0.507. The maximum absolute atomic E-state index is 13.1. The number of aromatic nitrogens is 2. The molecule has 0 aliphatic rings. The smallest absolute Gasteiger partial charge is 0.137 e. The van der Waals surface area contributed by atoms with Crippen molar-refractivity contribution >= 4 is 27.4 Å². The fraction of sp³-hybridized carbons (Fsp3) is 0.286. The fourth-order valence-electron chi connectivity index (χ4n) is 1.53. The van der Waals surface area contributed by atoms with E-state index in [0.29, 0.717) is 16.1 Å². The quantitative estimate of drug-likeness (QED) is 0.831. The SMILES string of the molecule is CC(C)(C)c1nc(Br)cc(Nc2cccc(F)c2)n1. The molecule has 0 aliphatic carbocycles. The van der Waals surface area contributed by atoms with Crippen molar-refractivity contribution in [3.05, 3.63) is 46.6 Å². The van der Waals surface area contributed by atoms with Crippen molar-refractivity contribution in [3.63, 3.8) is 0 Å². The summed E-state index contributed by atoms with van der Waals surface area (Å²) in [5, 5.41) is 3.08. The lowest BCUT2D eigenvalue weighted by molar-refractivity contribution is 0.544. The van der Waals surface area contributed by atoms with Gasteiger partial charge in [0.1, 0.15) is 22.1 Å². The summed E-state index contributed by atoms with van der Waals surface area (Å²) in [4.78, 5) is 8.81. The second kappa shape index (κ2) is 5.25. The molecule has 0 bridgehead atoms. The first kappa shape index (κ1) is 13.9. The van der Waals surface area contributed by atoms with E-state index >= 15 is 0 Å². The van der Waals surface area contributed by atoms with Crippen molar-refractivity contribution in [1.82, 2.24) is 9.97 Å². The Bertz CT molecular complexity index is 593. The van der Waals surface area contributed by atoms with Crippen LogP contribution >= 0.6 is 15.9 Å². The van der Waals surface area contributed by atoms with Gasteiger partial charge in [-0.15, -0.1) is 0 Å². The van der Waals surface area contributed by atoms with E-state index in [0.717, 1.165) is 5.82 Å². The Balaban J connectivity index is 2.33. The molecule has 19 heavy (non-hydrogen) atoms. The number of rotatable bonds is 2. The van der Waals surface area contributed by atoms with Gasteiger partial charge in [0.2, 0.25) is 0 Å². The topological polar surface area (TPSA) is 37.8 Å². The second-order valence-corrected chi connectivity index (χ2v) is 6.10. The third-order valence-electron chi connectivity index (χ3n) is 2.46. The van der Waals surface area contributed by atoms with Gasteiger partial charge in [-0.05, 0) is 34.1 Å². The van der Waals surface area contributed by atoms with Crippen LogP contribution in [0.3, 0.4) is 0 Å². The van der Waals surface area contributed by atoms with Crippen LogP contribution in [0.5, 0.6) is 0 Å². The van der Waals surface area contributed by atoms with Gasteiger partial charge in [-0.2, -0.15) is 0 Å². The van der Waals surface area contributed by atoms with E-state index < -0.39 is 0 Å². The Morgan fingerprint density at radius 2 is 1.89 bits per heavy atom. The average Bonchev–Trinajstić information content (AvgIpc) is 2.26. The van der Waals surface area contributed by atoms with Crippen LogP contribution < -0.4 is 5.32 Å². The Morgan fingerprint density at radius 1 is 1.16 bits per heavy atom. The summed E-state index contributed by atoms with van der Waals surface area (Å²) >= 11 is 3.37. The lowest BCUT2D eigenvalue weighted by Crippen LogP contribution is -2.16. The number of hydrogen-bond donors (Lipinski definition) is 1. The van der Waals surface area contributed by atoms with Crippen molar-refractivity contribution in [2.45, 2.75) is 26.2 Å². The summed E-state index contributed by atoms with van der Waals surface area (Å²) in [7, 11) is 0. The van der Waals surface area contributed by atoms with Gasteiger partial charge in [0.25, 0.3) is 0 Å². The Kier molecular flexibility index (Phi) is 3.85. The Labute approximate surface area is 120 Å². The molecule has 0 radical (unpaired) electrons. The van der Waals surface area contributed by atoms with E-state index in [1.807, 2.05) is 20.8 Å². The molecule has 2 aromatic rings. The zero-order chi connectivity index (χ0) is 14.0. The lowest BCUT2D eigenvalue weighted by atomic mass is 9.96. The molecule has 0 aliphatic heterocycles. The van der Waals surface area contributed by atoms with Crippen LogP contribution in [0.25, 0.3) is 0 Å². The standard InChI is InChI=1S/C14H15BrFN3/c1-14(2,3)13-18-11(15)8-12(19-13)17-10-6-4-5-9(16)7-10/h4-8H,1-3H3,(H,17,18,19). The molecule has 0 spiro atoms. The minimum Gasteiger partial charge on any atom is -0.340 e. The summed E-state index contributed by atoms with van der Waals surface area (Å²) in [6.45, 7) is 6.13. The molecule has 2 rings (SSSR count). The van der Waals surface area contributed by atoms with Gasteiger partial charge < -0.3 is 5.32 Å². The monoisotopic (exact) mass is 323 g/mol. The number of halogens is 2. The predicted octanol–water partition coefficient (Wildman–Crippen LogP) is 4.42. The maximum Gasteiger partial charge on any atom is 0.137 e. The molecule has 1 heterocycles. The van der Waals surface area contributed by atoms with Crippen molar-refractivity contribution in [2.24, 2.45) is 0 Å². The number of hydrogen-bond acceptors (Lipinski definition) is 3. The van der Waals surface area contributed by atoms with Crippen LogP contribution in [0, 0.1) is 5.82 Å².